The number of halogens is 3. The Bertz CT molecular complexity index is 1410. The molecule has 1 spiro atoms. The van der Waals surface area contributed by atoms with Gasteiger partial charge in [0.15, 0.2) is 0 Å². The van der Waals surface area contributed by atoms with Crippen molar-refractivity contribution in [3.05, 3.63) is 137 Å². The van der Waals surface area contributed by atoms with Gasteiger partial charge in [-0.05, 0) is 70.5 Å². The summed E-state index contributed by atoms with van der Waals surface area (Å²) in [4.78, 5) is 7.03. The van der Waals surface area contributed by atoms with Gasteiger partial charge >= 0.3 is 6.18 Å². The average Bonchev–Trinajstić information content (AvgIpc) is 3.48. The Hall–Kier alpha value is -3.44. The highest BCUT2D eigenvalue weighted by molar-refractivity contribution is 5.48. The first-order chi connectivity index (χ1) is 18.4. The fourth-order valence-corrected chi connectivity index (χ4v) is 8.35. The predicted octanol–water partition coefficient (Wildman–Crippen LogP) is 7.79. The monoisotopic (exact) mass is 510 g/mol. The van der Waals surface area contributed by atoms with Crippen LogP contribution in [0.2, 0.25) is 0 Å². The zero-order valence-electron chi connectivity index (χ0n) is 21.0. The molecule has 38 heavy (non-hydrogen) atoms. The van der Waals surface area contributed by atoms with Gasteiger partial charge in [-0.15, -0.1) is 0 Å². The van der Waals surface area contributed by atoms with E-state index in [9.17, 15) is 13.2 Å². The van der Waals surface area contributed by atoms with Crippen LogP contribution in [0.15, 0.2) is 109 Å². The maximum atomic E-state index is 13.2. The highest BCUT2D eigenvalue weighted by Gasteiger charge is 2.77. The van der Waals surface area contributed by atoms with Crippen molar-refractivity contribution in [2.24, 2.45) is 11.3 Å². The van der Waals surface area contributed by atoms with Gasteiger partial charge in [0, 0.05) is 36.9 Å². The summed E-state index contributed by atoms with van der Waals surface area (Å²) in [7, 11) is 0. The molecule has 0 radical (unpaired) electrons. The molecular formula is C33H29F3N2. The average molecular weight is 511 g/mol. The molecule has 5 heteroatoms. The molecule has 3 aromatic carbocycles. The minimum atomic E-state index is -4.32. The Balaban J connectivity index is 1.30. The van der Waals surface area contributed by atoms with Gasteiger partial charge in [-0.25, -0.2) is 0 Å². The molecule has 3 atom stereocenters. The summed E-state index contributed by atoms with van der Waals surface area (Å²) < 4.78 is 39.6. The molecule has 2 heterocycles. The molecule has 3 saturated carbocycles. The molecule has 1 aliphatic heterocycles. The van der Waals surface area contributed by atoms with Crippen LogP contribution in [0.4, 0.5) is 13.2 Å². The van der Waals surface area contributed by atoms with Crippen molar-refractivity contribution in [3.63, 3.8) is 0 Å². The Morgan fingerprint density at radius 2 is 1.45 bits per heavy atom. The van der Waals surface area contributed by atoms with Crippen LogP contribution in [0, 0.1) is 11.3 Å². The van der Waals surface area contributed by atoms with Gasteiger partial charge in [0.25, 0.3) is 0 Å². The lowest BCUT2D eigenvalue weighted by atomic mass is 9.53. The second-order valence-corrected chi connectivity index (χ2v) is 11.4. The summed E-state index contributed by atoms with van der Waals surface area (Å²) in [5, 5.41) is 0. The van der Waals surface area contributed by atoms with Gasteiger partial charge in [0.1, 0.15) is 0 Å². The minimum absolute atomic E-state index is 0.0633. The smallest absolute Gasteiger partial charge is 0.291 e. The molecule has 4 aromatic rings. The molecule has 4 fully saturated rings. The van der Waals surface area contributed by atoms with E-state index < -0.39 is 11.7 Å². The van der Waals surface area contributed by atoms with Crippen molar-refractivity contribution >= 4 is 0 Å². The van der Waals surface area contributed by atoms with E-state index in [1.807, 2.05) is 6.20 Å². The third kappa shape index (κ3) is 3.48. The first-order valence-electron chi connectivity index (χ1n) is 13.3. The van der Waals surface area contributed by atoms with E-state index in [1.165, 1.54) is 28.8 Å². The first kappa shape index (κ1) is 23.7. The van der Waals surface area contributed by atoms with Crippen LogP contribution in [-0.2, 0) is 18.1 Å². The Labute approximate surface area is 221 Å². The standard InChI is InChI=1S/C33H29F3N2/c34-33(35,36)26-15-13-23(14-16-26)19-38-20-28-29(24-8-3-1-4-9-24)31(27-12-7-17-37-18-27)21-32(28,22-31)30(38)25-10-5-2-6-11-25/h1-18,28-30H,19-22H2/t28-,29?,30-,31?,32?/m1/s1. The molecular weight excluding hydrogens is 481 g/mol. The van der Waals surface area contributed by atoms with E-state index in [0.717, 1.165) is 24.9 Å². The number of aromatic nitrogens is 1. The van der Waals surface area contributed by atoms with E-state index in [-0.39, 0.29) is 16.9 Å². The van der Waals surface area contributed by atoms with Crippen molar-refractivity contribution in [1.82, 2.24) is 9.88 Å². The second-order valence-electron chi connectivity index (χ2n) is 11.4. The van der Waals surface area contributed by atoms with E-state index in [1.54, 1.807) is 12.1 Å². The Morgan fingerprint density at radius 1 is 0.789 bits per heavy atom. The van der Waals surface area contributed by atoms with Gasteiger partial charge in [0.2, 0.25) is 0 Å². The lowest BCUT2D eigenvalue weighted by Crippen LogP contribution is -2.47. The maximum Gasteiger partial charge on any atom is 0.416 e. The number of alkyl halides is 3. The lowest BCUT2D eigenvalue weighted by molar-refractivity contribution is -0.137. The normalized spacial score (nSPS) is 30.1. The maximum absolute atomic E-state index is 13.2. The summed E-state index contributed by atoms with van der Waals surface area (Å²) >= 11 is 0. The molecule has 1 aromatic heterocycles. The molecule has 1 saturated heterocycles. The first-order valence-corrected chi connectivity index (χ1v) is 13.3. The number of hydrogen-bond acceptors (Lipinski definition) is 2. The number of benzene rings is 3. The van der Waals surface area contributed by atoms with Crippen LogP contribution >= 0.6 is 0 Å². The summed E-state index contributed by atoms with van der Waals surface area (Å²) in [6.07, 6.45) is 1.78. The number of rotatable bonds is 5. The van der Waals surface area contributed by atoms with Crippen LogP contribution in [0.5, 0.6) is 0 Å². The van der Waals surface area contributed by atoms with Gasteiger partial charge in [0.05, 0.1) is 5.56 Å². The SMILES string of the molecule is FC(F)(F)c1ccc(CN2C[C@@H]3C(c4ccccc4)C4(c5cccnc5)CC3(C4)[C@H]2c2ccccc2)cc1. The summed E-state index contributed by atoms with van der Waals surface area (Å²) in [5.74, 6) is 0.821. The van der Waals surface area contributed by atoms with Crippen molar-refractivity contribution in [2.75, 3.05) is 6.54 Å². The molecule has 0 N–H and O–H groups in total. The number of nitrogens with zero attached hydrogens (tertiary/aromatic N) is 2. The molecule has 0 amide bonds. The fourth-order valence-electron chi connectivity index (χ4n) is 8.35. The number of likely N-dealkylation sites (tertiary alicyclic amines) is 1. The highest BCUT2D eigenvalue weighted by atomic mass is 19.4. The predicted molar refractivity (Wildman–Crippen MR) is 141 cm³/mol. The molecule has 2 nitrogen and oxygen atoms in total. The third-order valence-electron chi connectivity index (χ3n) is 9.54. The number of pyridine rings is 1. The second kappa shape index (κ2) is 8.54. The molecule has 8 rings (SSSR count). The molecule has 4 aliphatic rings. The van der Waals surface area contributed by atoms with Crippen molar-refractivity contribution < 1.29 is 13.2 Å². The van der Waals surface area contributed by atoms with Crippen molar-refractivity contribution in [3.8, 4) is 0 Å². The largest absolute Gasteiger partial charge is 0.416 e. The van der Waals surface area contributed by atoms with Crippen LogP contribution in [0.25, 0.3) is 0 Å². The topological polar surface area (TPSA) is 16.1 Å². The Morgan fingerprint density at radius 3 is 2.05 bits per heavy atom. The lowest BCUT2D eigenvalue weighted by Gasteiger charge is -2.53. The van der Waals surface area contributed by atoms with Crippen LogP contribution in [0.1, 0.15) is 52.6 Å². The van der Waals surface area contributed by atoms with Crippen LogP contribution < -0.4 is 0 Å². The van der Waals surface area contributed by atoms with Gasteiger partial charge in [-0.2, -0.15) is 13.2 Å². The quantitative estimate of drug-likeness (QED) is 0.272. The summed E-state index contributed by atoms with van der Waals surface area (Å²) in [6, 6.07) is 31.8. The van der Waals surface area contributed by atoms with Crippen LogP contribution in [0.3, 0.4) is 0 Å². The van der Waals surface area contributed by atoms with E-state index in [4.69, 9.17) is 0 Å². The highest BCUT2D eigenvalue weighted by Crippen LogP contribution is 2.82. The van der Waals surface area contributed by atoms with Gasteiger partial charge in [-0.3, -0.25) is 9.88 Å². The molecule has 192 valence electrons. The zero-order chi connectivity index (χ0) is 26.0. The molecule has 2 bridgehead atoms. The third-order valence-corrected chi connectivity index (χ3v) is 9.54. The zero-order valence-corrected chi connectivity index (χ0v) is 21.0. The van der Waals surface area contributed by atoms with E-state index >= 15 is 0 Å². The molecule has 3 aliphatic carbocycles. The fraction of sp³-hybridized carbons (Fsp3) is 0.303. The Kier molecular flexibility index (Phi) is 5.31. The van der Waals surface area contributed by atoms with Crippen molar-refractivity contribution in [2.45, 2.75) is 42.9 Å². The summed E-state index contributed by atoms with van der Waals surface area (Å²) in [5.41, 5.74) is 4.51. The van der Waals surface area contributed by atoms with Gasteiger partial charge in [-0.1, -0.05) is 78.9 Å². The van der Waals surface area contributed by atoms with Crippen LogP contribution in [-0.4, -0.2) is 16.4 Å². The van der Waals surface area contributed by atoms with E-state index in [0.29, 0.717) is 18.4 Å². The van der Waals surface area contributed by atoms with E-state index in [2.05, 4.69) is 88.9 Å². The summed E-state index contributed by atoms with van der Waals surface area (Å²) in [6.45, 7) is 1.56. The van der Waals surface area contributed by atoms with Crippen molar-refractivity contribution in [1.29, 1.82) is 0 Å². The number of hydrogen-bond donors (Lipinski definition) is 0. The minimum Gasteiger partial charge on any atom is -0.291 e. The molecule has 1 unspecified atom stereocenters. The van der Waals surface area contributed by atoms with Gasteiger partial charge < -0.3 is 0 Å².